The molecule has 0 saturated carbocycles. The molecule has 1 unspecified atom stereocenters. The SMILES string of the molecule is CNS(=O)(=O)c1ccc(NCCCOCC2CCCO2)c([N+](=O)[O-])c1. The van der Waals surface area contributed by atoms with Crippen LogP contribution in [0.25, 0.3) is 0 Å². The Morgan fingerprint density at radius 3 is 2.88 bits per heavy atom. The number of nitro benzene ring substituents is 1. The van der Waals surface area contributed by atoms with E-state index in [4.69, 9.17) is 9.47 Å². The molecule has 2 rings (SSSR count). The predicted octanol–water partition coefficient (Wildman–Crippen LogP) is 1.50. The number of nitrogens with zero attached hydrogens (tertiary/aromatic N) is 1. The van der Waals surface area contributed by atoms with Gasteiger partial charge in [-0.3, -0.25) is 10.1 Å². The zero-order chi connectivity index (χ0) is 18.3. The second-order valence-corrected chi connectivity index (χ2v) is 7.52. The van der Waals surface area contributed by atoms with Crippen molar-refractivity contribution in [2.24, 2.45) is 0 Å². The molecular weight excluding hydrogens is 350 g/mol. The van der Waals surface area contributed by atoms with Gasteiger partial charge in [0.05, 0.1) is 22.5 Å². The first kappa shape index (κ1) is 19.6. The molecule has 9 nitrogen and oxygen atoms in total. The van der Waals surface area contributed by atoms with Crippen LogP contribution >= 0.6 is 0 Å². The van der Waals surface area contributed by atoms with E-state index in [0.29, 0.717) is 26.2 Å². The highest BCUT2D eigenvalue weighted by molar-refractivity contribution is 7.89. The van der Waals surface area contributed by atoms with Gasteiger partial charge in [0.2, 0.25) is 10.0 Å². The van der Waals surface area contributed by atoms with Crippen LogP contribution in [0, 0.1) is 10.1 Å². The lowest BCUT2D eigenvalue weighted by Gasteiger charge is -2.11. The topological polar surface area (TPSA) is 120 Å². The van der Waals surface area contributed by atoms with E-state index in [0.717, 1.165) is 25.5 Å². The Hall–Kier alpha value is -1.75. The average molecular weight is 373 g/mol. The van der Waals surface area contributed by atoms with Crippen molar-refractivity contribution in [2.45, 2.75) is 30.3 Å². The second-order valence-electron chi connectivity index (χ2n) is 5.63. The fourth-order valence-electron chi connectivity index (χ4n) is 2.48. The van der Waals surface area contributed by atoms with Gasteiger partial charge in [-0.25, -0.2) is 13.1 Å². The van der Waals surface area contributed by atoms with E-state index in [2.05, 4.69) is 10.0 Å². The van der Waals surface area contributed by atoms with E-state index < -0.39 is 14.9 Å². The summed E-state index contributed by atoms with van der Waals surface area (Å²) in [5.41, 5.74) is -0.00391. The van der Waals surface area contributed by atoms with E-state index >= 15 is 0 Å². The van der Waals surface area contributed by atoms with Crippen molar-refractivity contribution in [3.63, 3.8) is 0 Å². The van der Waals surface area contributed by atoms with Gasteiger partial charge >= 0.3 is 0 Å². The molecule has 1 fully saturated rings. The van der Waals surface area contributed by atoms with Crippen LogP contribution in [0.3, 0.4) is 0 Å². The van der Waals surface area contributed by atoms with E-state index in [1.54, 1.807) is 0 Å². The number of hydrogen-bond donors (Lipinski definition) is 2. The lowest BCUT2D eigenvalue weighted by atomic mass is 10.2. The van der Waals surface area contributed by atoms with Gasteiger partial charge < -0.3 is 14.8 Å². The fourth-order valence-corrected chi connectivity index (χ4v) is 3.23. The zero-order valence-corrected chi connectivity index (χ0v) is 14.9. The minimum Gasteiger partial charge on any atom is -0.379 e. The van der Waals surface area contributed by atoms with Gasteiger partial charge in [-0.05, 0) is 38.4 Å². The Morgan fingerprint density at radius 2 is 2.24 bits per heavy atom. The Morgan fingerprint density at radius 1 is 1.44 bits per heavy atom. The molecule has 1 heterocycles. The molecule has 0 bridgehead atoms. The number of sulfonamides is 1. The Balaban J connectivity index is 1.85. The Kier molecular flexibility index (Phi) is 7.12. The smallest absolute Gasteiger partial charge is 0.293 e. The second kappa shape index (κ2) is 9.09. The van der Waals surface area contributed by atoms with Crippen LogP contribution in [-0.4, -0.2) is 52.9 Å². The first-order valence-electron chi connectivity index (χ1n) is 8.09. The van der Waals surface area contributed by atoms with Crippen molar-refractivity contribution in [2.75, 3.05) is 38.7 Å². The molecule has 1 aromatic carbocycles. The number of benzene rings is 1. The molecule has 0 amide bonds. The van der Waals surface area contributed by atoms with Crippen LogP contribution in [-0.2, 0) is 19.5 Å². The van der Waals surface area contributed by atoms with Gasteiger partial charge in [0.1, 0.15) is 5.69 Å². The fraction of sp³-hybridized carbons (Fsp3) is 0.600. The van der Waals surface area contributed by atoms with E-state index in [1.165, 1.54) is 19.2 Å². The van der Waals surface area contributed by atoms with Crippen molar-refractivity contribution >= 4 is 21.4 Å². The first-order chi connectivity index (χ1) is 11.9. The van der Waals surface area contributed by atoms with E-state index in [1.807, 2.05) is 0 Å². The number of nitrogens with one attached hydrogen (secondary N) is 2. The lowest BCUT2D eigenvalue weighted by Crippen LogP contribution is -2.19. The summed E-state index contributed by atoms with van der Waals surface area (Å²) in [6.07, 6.45) is 2.93. The minimum absolute atomic E-state index is 0.146. The molecule has 0 spiro atoms. The van der Waals surface area contributed by atoms with Crippen LogP contribution in [0.15, 0.2) is 23.1 Å². The third-order valence-electron chi connectivity index (χ3n) is 3.85. The molecule has 0 radical (unpaired) electrons. The molecule has 0 aliphatic carbocycles. The van der Waals surface area contributed by atoms with Crippen LogP contribution < -0.4 is 10.0 Å². The summed E-state index contributed by atoms with van der Waals surface area (Å²) in [7, 11) is -2.47. The molecule has 2 N–H and O–H groups in total. The molecular formula is C15H23N3O6S. The normalized spacial score (nSPS) is 17.6. The van der Waals surface area contributed by atoms with Crippen molar-refractivity contribution in [3.05, 3.63) is 28.3 Å². The summed E-state index contributed by atoms with van der Waals surface area (Å²) < 4.78 is 36.6. The maximum Gasteiger partial charge on any atom is 0.293 e. The number of hydrogen-bond acceptors (Lipinski definition) is 7. The van der Waals surface area contributed by atoms with Crippen LogP contribution in [0.2, 0.25) is 0 Å². The van der Waals surface area contributed by atoms with Crippen LogP contribution in [0.1, 0.15) is 19.3 Å². The summed E-state index contributed by atoms with van der Waals surface area (Å²) in [5.74, 6) is 0. The predicted molar refractivity (Wildman–Crippen MR) is 92.2 cm³/mol. The lowest BCUT2D eigenvalue weighted by molar-refractivity contribution is -0.384. The largest absolute Gasteiger partial charge is 0.379 e. The minimum atomic E-state index is -3.73. The molecule has 1 aliphatic rings. The standard InChI is InChI=1S/C15H23N3O6S/c1-16-25(21,22)13-5-6-14(15(10-13)18(19)20)17-7-3-8-23-11-12-4-2-9-24-12/h5-6,10,12,16-17H,2-4,7-9,11H2,1H3. The summed E-state index contributed by atoms with van der Waals surface area (Å²) in [5, 5.41) is 14.1. The Bertz CT molecular complexity index is 689. The van der Waals surface area contributed by atoms with Gasteiger partial charge in [-0.15, -0.1) is 0 Å². The zero-order valence-electron chi connectivity index (χ0n) is 14.1. The molecule has 1 atom stereocenters. The molecule has 1 aromatic rings. The molecule has 25 heavy (non-hydrogen) atoms. The van der Waals surface area contributed by atoms with Crippen LogP contribution in [0.5, 0.6) is 0 Å². The highest BCUT2D eigenvalue weighted by Crippen LogP contribution is 2.27. The van der Waals surface area contributed by atoms with Gasteiger partial charge in [-0.2, -0.15) is 0 Å². The third-order valence-corrected chi connectivity index (χ3v) is 5.27. The van der Waals surface area contributed by atoms with E-state index in [-0.39, 0.29) is 22.4 Å². The molecule has 1 aliphatic heterocycles. The third kappa shape index (κ3) is 5.63. The van der Waals surface area contributed by atoms with E-state index in [9.17, 15) is 18.5 Å². The van der Waals surface area contributed by atoms with Crippen LogP contribution in [0.4, 0.5) is 11.4 Å². The van der Waals surface area contributed by atoms with Gasteiger partial charge in [0.15, 0.2) is 0 Å². The number of rotatable bonds is 10. The average Bonchev–Trinajstić information content (AvgIpc) is 3.11. The summed E-state index contributed by atoms with van der Waals surface area (Å²) in [6, 6.07) is 3.77. The Labute approximate surface area is 146 Å². The highest BCUT2D eigenvalue weighted by atomic mass is 32.2. The highest BCUT2D eigenvalue weighted by Gasteiger charge is 2.20. The maximum absolute atomic E-state index is 11.7. The van der Waals surface area contributed by atoms with Crippen molar-refractivity contribution in [1.82, 2.24) is 4.72 Å². The van der Waals surface area contributed by atoms with Crippen molar-refractivity contribution < 1.29 is 22.8 Å². The molecule has 1 saturated heterocycles. The number of anilines is 1. The maximum atomic E-state index is 11.7. The number of ether oxygens (including phenoxy) is 2. The van der Waals surface area contributed by atoms with Crippen molar-refractivity contribution in [1.29, 1.82) is 0 Å². The van der Waals surface area contributed by atoms with Gasteiger partial charge in [0, 0.05) is 25.8 Å². The van der Waals surface area contributed by atoms with Crippen molar-refractivity contribution in [3.8, 4) is 0 Å². The molecule has 0 aromatic heterocycles. The summed E-state index contributed by atoms with van der Waals surface area (Å²) in [6.45, 7) is 2.35. The van der Waals surface area contributed by atoms with Gasteiger partial charge in [-0.1, -0.05) is 0 Å². The first-order valence-corrected chi connectivity index (χ1v) is 9.57. The monoisotopic (exact) mass is 373 g/mol. The summed E-state index contributed by atoms with van der Waals surface area (Å²) >= 11 is 0. The quantitative estimate of drug-likeness (QED) is 0.362. The molecule has 10 heteroatoms. The number of nitro groups is 1. The van der Waals surface area contributed by atoms with Gasteiger partial charge in [0.25, 0.3) is 5.69 Å². The molecule has 140 valence electrons. The summed E-state index contributed by atoms with van der Waals surface area (Å²) in [4.78, 5) is 10.4.